The van der Waals surface area contributed by atoms with Crippen LogP contribution in [0.25, 0.3) is 22.5 Å². The van der Waals surface area contributed by atoms with E-state index in [1.165, 1.54) is 6.07 Å². The van der Waals surface area contributed by atoms with Crippen LogP contribution in [0, 0.1) is 10.1 Å². The number of unbranched alkanes of at least 4 members (excludes halogenated alkanes) is 1. The first kappa shape index (κ1) is 29.4. The summed E-state index contributed by atoms with van der Waals surface area (Å²) in [6.07, 6.45) is 2.63. The zero-order chi connectivity index (χ0) is 30.2. The third-order valence-corrected chi connectivity index (χ3v) is 7.12. The van der Waals surface area contributed by atoms with Gasteiger partial charge >= 0.3 is 5.97 Å². The van der Waals surface area contributed by atoms with Gasteiger partial charge in [0.25, 0.3) is 5.09 Å². The molecule has 0 spiro atoms. The van der Waals surface area contributed by atoms with Gasteiger partial charge in [0.05, 0.1) is 11.3 Å². The van der Waals surface area contributed by atoms with Crippen LogP contribution < -0.4 is 0 Å². The summed E-state index contributed by atoms with van der Waals surface area (Å²) in [5.74, 6) is 0.735. The van der Waals surface area contributed by atoms with Crippen molar-refractivity contribution in [3.63, 3.8) is 0 Å². The summed E-state index contributed by atoms with van der Waals surface area (Å²) in [7, 11) is 0. The number of hydrogen-bond donors (Lipinski definition) is 1. The van der Waals surface area contributed by atoms with Gasteiger partial charge in [0.1, 0.15) is 19.0 Å². The van der Waals surface area contributed by atoms with Crippen LogP contribution in [-0.2, 0) is 35.8 Å². The van der Waals surface area contributed by atoms with Gasteiger partial charge in [-0.25, -0.2) is 9.78 Å². The van der Waals surface area contributed by atoms with Crippen LogP contribution in [0.5, 0.6) is 0 Å². The molecule has 12 nitrogen and oxygen atoms in total. The van der Waals surface area contributed by atoms with Gasteiger partial charge in [-0.15, -0.1) is 20.3 Å². The van der Waals surface area contributed by atoms with Gasteiger partial charge < -0.3 is 14.1 Å². The van der Waals surface area contributed by atoms with Crippen LogP contribution in [0.2, 0.25) is 5.15 Å². The SMILES string of the molecule is CCCCc1nc(Cl)c(COC(=O)c2cccc(CO[N+](=O)[O-])c2)n1Cc1ccc(-c2ccccc2-c2nn[nH]n2)cc1. The number of tetrazole rings is 1. The summed E-state index contributed by atoms with van der Waals surface area (Å²) in [4.78, 5) is 32.4. The minimum absolute atomic E-state index is 0.0947. The quantitative estimate of drug-likeness (QED) is 0.0996. The Morgan fingerprint density at radius 2 is 1.81 bits per heavy atom. The van der Waals surface area contributed by atoms with Gasteiger partial charge in [-0.2, -0.15) is 5.21 Å². The fraction of sp³-hybridized carbons (Fsp3) is 0.233. The number of aromatic amines is 1. The largest absolute Gasteiger partial charge is 0.456 e. The van der Waals surface area contributed by atoms with Crippen molar-refractivity contribution in [3.05, 3.63) is 116 Å². The molecule has 0 saturated carbocycles. The van der Waals surface area contributed by atoms with Crippen molar-refractivity contribution in [1.29, 1.82) is 0 Å². The van der Waals surface area contributed by atoms with Crippen molar-refractivity contribution in [2.75, 3.05) is 0 Å². The van der Waals surface area contributed by atoms with E-state index in [9.17, 15) is 14.9 Å². The van der Waals surface area contributed by atoms with E-state index in [1.54, 1.807) is 18.2 Å². The molecule has 43 heavy (non-hydrogen) atoms. The highest BCUT2D eigenvalue weighted by atomic mass is 35.5. The Hall–Kier alpha value is -5.10. The topological polar surface area (TPSA) is 151 Å². The lowest BCUT2D eigenvalue weighted by atomic mass is 9.98. The summed E-state index contributed by atoms with van der Waals surface area (Å²) in [6.45, 7) is 2.22. The highest BCUT2D eigenvalue weighted by molar-refractivity contribution is 6.30. The average molecular weight is 602 g/mol. The maximum absolute atomic E-state index is 12.9. The van der Waals surface area contributed by atoms with Crippen molar-refractivity contribution in [3.8, 4) is 22.5 Å². The van der Waals surface area contributed by atoms with Crippen molar-refractivity contribution < 1.29 is 19.5 Å². The molecule has 0 radical (unpaired) electrons. The molecule has 2 heterocycles. The zero-order valence-corrected chi connectivity index (χ0v) is 24.0. The van der Waals surface area contributed by atoms with Gasteiger partial charge in [0.2, 0.25) is 5.82 Å². The van der Waals surface area contributed by atoms with Gasteiger partial charge in [-0.1, -0.05) is 85.6 Å². The molecule has 0 amide bonds. The summed E-state index contributed by atoms with van der Waals surface area (Å²) < 4.78 is 7.61. The molecule has 0 bridgehead atoms. The second kappa shape index (κ2) is 13.7. The first-order valence-electron chi connectivity index (χ1n) is 13.6. The number of carbonyl (C=O) groups is 1. The van der Waals surface area contributed by atoms with Crippen molar-refractivity contribution in [1.82, 2.24) is 30.2 Å². The predicted molar refractivity (Wildman–Crippen MR) is 157 cm³/mol. The maximum atomic E-state index is 12.9. The Morgan fingerprint density at radius 3 is 2.53 bits per heavy atom. The molecule has 2 aromatic heterocycles. The van der Waals surface area contributed by atoms with E-state index >= 15 is 0 Å². The summed E-state index contributed by atoms with van der Waals surface area (Å²) >= 11 is 6.57. The number of esters is 1. The normalized spacial score (nSPS) is 10.9. The standard InChI is InChI=1S/C30H28ClN7O5/c1-2-3-11-27-32-28(31)26(19-42-30(39)23-8-6-7-21(16-23)18-43-38(40)41)37(27)17-20-12-14-22(15-13-20)24-9-4-5-10-25(24)29-33-35-36-34-29/h4-10,12-16H,2-3,11,17-19H2,1H3,(H,33,34,35,36). The zero-order valence-electron chi connectivity index (χ0n) is 23.3. The maximum Gasteiger partial charge on any atom is 0.338 e. The van der Waals surface area contributed by atoms with Crippen LogP contribution in [0.4, 0.5) is 0 Å². The molecule has 0 unspecified atom stereocenters. The molecule has 0 aliphatic carbocycles. The number of nitrogens with one attached hydrogen (secondary N) is 1. The molecule has 0 saturated heterocycles. The average Bonchev–Trinajstić information content (AvgIpc) is 3.66. The molecule has 0 fully saturated rings. The molecule has 220 valence electrons. The van der Waals surface area contributed by atoms with E-state index in [1.807, 2.05) is 53.1 Å². The minimum atomic E-state index is -0.882. The molecule has 0 aliphatic rings. The van der Waals surface area contributed by atoms with Crippen LogP contribution in [0.3, 0.4) is 0 Å². The lowest BCUT2D eigenvalue weighted by Gasteiger charge is -2.14. The predicted octanol–water partition coefficient (Wildman–Crippen LogP) is 5.84. The Balaban J connectivity index is 1.35. The van der Waals surface area contributed by atoms with E-state index in [0.717, 1.165) is 47.3 Å². The number of carbonyl (C=O) groups excluding carboxylic acids is 1. The molecule has 3 aromatic carbocycles. The Bertz CT molecular complexity index is 1700. The highest BCUT2D eigenvalue weighted by Crippen LogP contribution is 2.30. The van der Waals surface area contributed by atoms with Crippen molar-refractivity contribution >= 4 is 17.6 Å². The summed E-state index contributed by atoms with van der Waals surface area (Å²) in [5, 5.41) is 24.3. The van der Waals surface area contributed by atoms with Crippen molar-refractivity contribution in [2.45, 2.75) is 45.9 Å². The fourth-order valence-electron chi connectivity index (χ4n) is 4.67. The smallest absolute Gasteiger partial charge is 0.338 e. The highest BCUT2D eigenvalue weighted by Gasteiger charge is 2.19. The third-order valence-electron chi connectivity index (χ3n) is 6.81. The monoisotopic (exact) mass is 601 g/mol. The van der Waals surface area contributed by atoms with Crippen LogP contribution in [-0.4, -0.2) is 41.2 Å². The number of benzene rings is 3. The Morgan fingerprint density at radius 1 is 1.02 bits per heavy atom. The fourth-order valence-corrected chi connectivity index (χ4v) is 4.92. The van der Waals surface area contributed by atoms with Crippen LogP contribution >= 0.6 is 11.6 Å². The number of aryl methyl sites for hydroxylation is 1. The van der Waals surface area contributed by atoms with E-state index in [2.05, 4.69) is 37.4 Å². The molecule has 0 atom stereocenters. The summed E-state index contributed by atoms with van der Waals surface area (Å²) in [5.41, 5.74) is 5.16. The first-order chi connectivity index (χ1) is 20.9. The number of imidazole rings is 1. The summed E-state index contributed by atoms with van der Waals surface area (Å²) in [6, 6.07) is 22.3. The van der Waals surface area contributed by atoms with E-state index < -0.39 is 11.1 Å². The second-order valence-electron chi connectivity index (χ2n) is 9.71. The Labute approximate surface area is 251 Å². The lowest BCUT2D eigenvalue weighted by molar-refractivity contribution is -0.763. The number of halogens is 1. The van der Waals surface area contributed by atoms with E-state index in [0.29, 0.717) is 23.6 Å². The molecular weight excluding hydrogens is 574 g/mol. The number of hydrogen-bond acceptors (Lipinski definition) is 9. The van der Waals surface area contributed by atoms with E-state index in [-0.39, 0.29) is 23.9 Å². The first-order valence-corrected chi connectivity index (χ1v) is 14.0. The molecule has 5 rings (SSSR count). The van der Waals surface area contributed by atoms with Gasteiger partial charge in [-0.05, 0) is 46.0 Å². The number of ether oxygens (including phenoxy) is 1. The second-order valence-corrected chi connectivity index (χ2v) is 10.1. The number of H-pyrrole nitrogens is 1. The third kappa shape index (κ3) is 7.22. The van der Waals surface area contributed by atoms with Gasteiger partial charge in [0, 0.05) is 18.5 Å². The van der Waals surface area contributed by atoms with Crippen LogP contribution in [0.15, 0.2) is 72.8 Å². The molecule has 0 aliphatic heterocycles. The van der Waals surface area contributed by atoms with Gasteiger partial charge in [0.15, 0.2) is 5.15 Å². The molecule has 1 N–H and O–H groups in total. The molecular formula is C30H28ClN7O5. The van der Waals surface area contributed by atoms with Crippen LogP contribution in [0.1, 0.15) is 52.8 Å². The number of rotatable bonds is 13. The Kier molecular flexibility index (Phi) is 9.37. The minimum Gasteiger partial charge on any atom is -0.456 e. The molecule has 13 heteroatoms. The lowest BCUT2D eigenvalue weighted by Crippen LogP contribution is -2.13. The van der Waals surface area contributed by atoms with Crippen molar-refractivity contribution in [2.24, 2.45) is 0 Å². The van der Waals surface area contributed by atoms with Gasteiger partial charge in [-0.3, -0.25) is 0 Å². The van der Waals surface area contributed by atoms with E-state index in [4.69, 9.17) is 16.3 Å². The number of nitrogens with zero attached hydrogens (tertiary/aromatic N) is 6. The number of aromatic nitrogens is 6. The molecule has 5 aromatic rings.